The molecule has 0 radical (unpaired) electrons. The van der Waals surface area contributed by atoms with Gasteiger partial charge < -0.3 is 29.9 Å². The summed E-state index contributed by atoms with van der Waals surface area (Å²) in [6.07, 6.45) is 3.13. The van der Waals surface area contributed by atoms with Gasteiger partial charge in [0.1, 0.15) is 23.0 Å². The summed E-state index contributed by atoms with van der Waals surface area (Å²) in [4.78, 5) is 36.5. The molecule has 230 valence electrons. The lowest BCUT2D eigenvalue weighted by molar-refractivity contribution is -0.140. The van der Waals surface area contributed by atoms with E-state index in [0.29, 0.717) is 34.0 Å². The molecule has 2 atom stereocenters. The van der Waals surface area contributed by atoms with Crippen molar-refractivity contribution in [1.29, 1.82) is 0 Å². The van der Waals surface area contributed by atoms with Crippen molar-refractivity contribution in [3.63, 3.8) is 0 Å². The van der Waals surface area contributed by atoms with Crippen molar-refractivity contribution in [2.45, 2.75) is 12.1 Å². The first-order chi connectivity index (χ1) is 21.2. The molecule has 44 heavy (non-hydrogen) atoms. The number of phenols is 2. The molecule has 4 N–H and O–H groups in total. The summed E-state index contributed by atoms with van der Waals surface area (Å²) in [5.74, 6) is -1.55. The van der Waals surface area contributed by atoms with Gasteiger partial charge in [-0.15, -0.1) is 0 Å². The van der Waals surface area contributed by atoms with Crippen molar-refractivity contribution in [2.24, 2.45) is 0 Å². The highest BCUT2D eigenvalue weighted by Gasteiger charge is 2.32. The van der Waals surface area contributed by atoms with Crippen molar-refractivity contribution in [1.82, 2.24) is 19.8 Å². The van der Waals surface area contributed by atoms with E-state index >= 15 is 0 Å². The number of benzene rings is 2. The fourth-order valence-corrected chi connectivity index (χ4v) is 5.12. The number of carboxylic acid groups (broad SMARTS) is 2. The van der Waals surface area contributed by atoms with Crippen LogP contribution in [0.4, 0.5) is 0 Å². The third-order valence-electron chi connectivity index (χ3n) is 7.08. The first kappa shape index (κ1) is 31.7. The minimum absolute atomic E-state index is 0.0194. The lowest BCUT2D eigenvalue weighted by Crippen LogP contribution is -2.43. The quantitative estimate of drug-likeness (QED) is 0.157. The number of carboxylic acids is 2. The molecule has 0 amide bonds. The van der Waals surface area contributed by atoms with Crippen LogP contribution in [-0.2, 0) is 9.59 Å². The van der Waals surface area contributed by atoms with Crippen molar-refractivity contribution < 1.29 is 39.5 Å². The predicted octanol–water partition coefficient (Wildman–Crippen LogP) is 3.56. The molecule has 2 aromatic heterocycles. The standard InChI is InChI=1S/C32H34N4O8/c1-43-21-9-11-27(37)23(17-21)31(25-7-3-5-13-33-25)35(19-29(39)40)15-16-36(20-30(41)42)32(26-8-4-6-14-34-26)24-18-22(44-2)10-12-28(24)38/h3-14,17-18,31-32,37-38H,15-16,19-20H2,1-2H3,(H,39,40)(H,41,42)/t31-,32?/m0/s1. The number of aliphatic carboxylic acids is 2. The number of pyridine rings is 2. The van der Waals surface area contributed by atoms with Crippen LogP contribution < -0.4 is 9.47 Å². The average Bonchev–Trinajstić information content (AvgIpc) is 3.02. The van der Waals surface area contributed by atoms with Gasteiger partial charge in [0.2, 0.25) is 0 Å². The Morgan fingerprint density at radius 1 is 0.682 bits per heavy atom. The average molecular weight is 603 g/mol. The van der Waals surface area contributed by atoms with Gasteiger partial charge in [-0.25, -0.2) is 0 Å². The third-order valence-corrected chi connectivity index (χ3v) is 7.08. The van der Waals surface area contributed by atoms with Crippen LogP contribution in [0, 0.1) is 0 Å². The lowest BCUT2D eigenvalue weighted by atomic mass is 9.98. The fourth-order valence-electron chi connectivity index (χ4n) is 5.12. The Morgan fingerprint density at radius 3 is 1.41 bits per heavy atom. The zero-order valence-corrected chi connectivity index (χ0v) is 24.3. The van der Waals surface area contributed by atoms with Gasteiger partial charge in [-0.05, 0) is 60.7 Å². The number of hydrogen-bond acceptors (Lipinski definition) is 10. The van der Waals surface area contributed by atoms with Crippen LogP contribution in [0.5, 0.6) is 23.0 Å². The van der Waals surface area contributed by atoms with Crippen molar-refractivity contribution in [2.75, 3.05) is 40.4 Å². The molecule has 2 heterocycles. The summed E-state index contributed by atoms with van der Waals surface area (Å²) in [7, 11) is 2.97. The molecule has 12 nitrogen and oxygen atoms in total. The second-order valence-corrected chi connectivity index (χ2v) is 9.89. The SMILES string of the molecule is COc1ccc(O)c(C(c2ccccn2)N(CCN(CC(=O)O)[C@H](c2ccccn2)c2cc(OC)ccc2O)CC(=O)O)c1. The number of ether oxygens (including phenoxy) is 2. The molecule has 0 saturated carbocycles. The first-order valence-electron chi connectivity index (χ1n) is 13.7. The lowest BCUT2D eigenvalue weighted by Gasteiger charge is -2.35. The van der Waals surface area contributed by atoms with E-state index in [4.69, 9.17) is 9.47 Å². The maximum atomic E-state index is 12.2. The monoisotopic (exact) mass is 602 g/mol. The van der Waals surface area contributed by atoms with Crippen LogP contribution in [0.3, 0.4) is 0 Å². The highest BCUT2D eigenvalue weighted by atomic mass is 16.5. The number of aromatic nitrogens is 2. The Labute approximate surface area is 254 Å². The van der Waals surface area contributed by atoms with Crippen molar-refractivity contribution in [3.05, 3.63) is 108 Å². The van der Waals surface area contributed by atoms with Crippen LogP contribution in [0.25, 0.3) is 0 Å². The number of nitrogens with zero attached hydrogens (tertiary/aromatic N) is 4. The number of rotatable bonds is 15. The van der Waals surface area contributed by atoms with Gasteiger partial charge >= 0.3 is 11.9 Å². The maximum absolute atomic E-state index is 12.2. The van der Waals surface area contributed by atoms with Crippen LogP contribution in [0.2, 0.25) is 0 Å². The summed E-state index contributed by atoms with van der Waals surface area (Å²) in [6.45, 7) is -0.883. The van der Waals surface area contributed by atoms with E-state index in [1.165, 1.54) is 26.4 Å². The smallest absolute Gasteiger partial charge is 0.317 e. The Kier molecular flexibility index (Phi) is 10.7. The third kappa shape index (κ3) is 7.79. The largest absolute Gasteiger partial charge is 0.508 e. The summed E-state index contributed by atoms with van der Waals surface area (Å²) >= 11 is 0. The van der Waals surface area contributed by atoms with Gasteiger partial charge in [0, 0.05) is 36.6 Å². The van der Waals surface area contributed by atoms with Crippen LogP contribution in [0.15, 0.2) is 85.2 Å². The molecule has 0 spiro atoms. The Bertz CT molecular complexity index is 1440. The van der Waals surface area contributed by atoms with Crippen LogP contribution in [-0.4, -0.2) is 92.5 Å². The van der Waals surface area contributed by atoms with E-state index in [1.807, 2.05) is 0 Å². The summed E-state index contributed by atoms with van der Waals surface area (Å²) < 4.78 is 10.8. The molecule has 0 aliphatic heterocycles. The van der Waals surface area contributed by atoms with Gasteiger partial charge in [-0.2, -0.15) is 0 Å². The molecule has 0 aliphatic rings. The molecule has 0 saturated heterocycles. The summed E-state index contributed by atoms with van der Waals surface area (Å²) in [6, 6.07) is 18.0. The topological polar surface area (TPSA) is 166 Å². The summed E-state index contributed by atoms with van der Waals surface area (Å²) in [5.41, 5.74) is 1.66. The molecule has 0 fully saturated rings. The van der Waals surface area contributed by atoms with E-state index in [-0.39, 0.29) is 24.6 Å². The minimum Gasteiger partial charge on any atom is -0.508 e. The number of aromatic hydroxyl groups is 2. The second kappa shape index (κ2) is 14.8. The molecular weight excluding hydrogens is 568 g/mol. The molecule has 0 aliphatic carbocycles. The highest BCUT2D eigenvalue weighted by molar-refractivity contribution is 5.70. The Balaban J connectivity index is 1.81. The van der Waals surface area contributed by atoms with E-state index in [1.54, 1.807) is 82.9 Å². The number of hydrogen-bond donors (Lipinski definition) is 4. The van der Waals surface area contributed by atoms with E-state index in [2.05, 4.69) is 9.97 Å². The molecule has 2 aromatic carbocycles. The van der Waals surface area contributed by atoms with Gasteiger partial charge in [0.05, 0.1) is 50.8 Å². The van der Waals surface area contributed by atoms with Gasteiger partial charge in [-0.1, -0.05) is 12.1 Å². The zero-order valence-electron chi connectivity index (χ0n) is 24.3. The molecule has 4 rings (SSSR count). The molecule has 12 heteroatoms. The maximum Gasteiger partial charge on any atom is 0.317 e. The van der Waals surface area contributed by atoms with Gasteiger partial charge in [0.25, 0.3) is 0 Å². The van der Waals surface area contributed by atoms with Gasteiger partial charge in [0.15, 0.2) is 0 Å². The van der Waals surface area contributed by atoms with E-state index < -0.39 is 37.1 Å². The number of phenolic OH excluding ortho intramolecular Hbond substituents is 2. The van der Waals surface area contributed by atoms with Crippen LogP contribution >= 0.6 is 0 Å². The summed E-state index contributed by atoms with van der Waals surface area (Å²) in [5, 5.41) is 41.7. The van der Waals surface area contributed by atoms with Crippen LogP contribution in [0.1, 0.15) is 34.6 Å². The number of carbonyl (C=O) groups is 2. The molecule has 0 bridgehead atoms. The van der Waals surface area contributed by atoms with Crippen molar-refractivity contribution in [3.8, 4) is 23.0 Å². The fraction of sp³-hybridized carbons (Fsp3) is 0.250. The van der Waals surface area contributed by atoms with Crippen molar-refractivity contribution >= 4 is 11.9 Å². The van der Waals surface area contributed by atoms with E-state index in [0.717, 1.165) is 0 Å². The zero-order chi connectivity index (χ0) is 31.6. The van der Waals surface area contributed by atoms with Gasteiger partial charge in [-0.3, -0.25) is 29.4 Å². The molecule has 4 aromatic rings. The normalized spacial score (nSPS) is 12.5. The van der Waals surface area contributed by atoms with E-state index in [9.17, 15) is 30.0 Å². The second-order valence-electron chi connectivity index (χ2n) is 9.89. The first-order valence-corrected chi connectivity index (χ1v) is 13.7. The predicted molar refractivity (Wildman–Crippen MR) is 160 cm³/mol. The minimum atomic E-state index is -1.13. The highest BCUT2D eigenvalue weighted by Crippen LogP contribution is 2.38. The molecular formula is C32H34N4O8. The number of methoxy groups -OCH3 is 2. The Hall–Kier alpha value is -5.20. The molecule has 1 unspecified atom stereocenters. The Morgan fingerprint density at radius 2 is 1.09 bits per heavy atom.